The summed E-state index contributed by atoms with van der Waals surface area (Å²) in [6.45, 7) is 9.78. The molecule has 0 heterocycles. The van der Waals surface area contributed by atoms with Crippen LogP contribution in [-0.4, -0.2) is 35.6 Å². The third kappa shape index (κ3) is 4.68. The summed E-state index contributed by atoms with van der Waals surface area (Å²) in [6.07, 6.45) is 6.11. The van der Waals surface area contributed by atoms with Crippen molar-refractivity contribution in [2.75, 3.05) is 13.6 Å². The summed E-state index contributed by atoms with van der Waals surface area (Å²) in [5.41, 5.74) is 6.01. The summed E-state index contributed by atoms with van der Waals surface area (Å²) in [5, 5.41) is 11.9. The van der Waals surface area contributed by atoms with Gasteiger partial charge in [-0.3, -0.25) is 0 Å². The Balaban J connectivity index is 2.42. The molecular formula is C15H31N3O. The molecule has 4 nitrogen and oxygen atoms in total. The number of oxime groups is 1. The van der Waals surface area contributed by atoms with Gasteiger partial charge in [-0.15, -0.1) is 0 Å². The molecule has 1 saturated carbocycles. The van der Waals surface area contributed by atoms with Crippen LogP contribution in [0.15, 0.2) is 5.16 Å². The van der Waals surface area contributed by atoms with Crippen molar-refractivity contribution in [2.24, 2.45) is 21.7 Å². The van der Waals surface area contributed by atoms with E-state index in [1.807, 2.05) is 13.8 Å². The Bertz CT molecular complexity index is 313. The first kappa shape index (κ1) is 16.3. The number of hydrogen-bond acceptors (Lipinski definition) is 3. The quantitative estimate of drug-likeness (QED) is 0.349. The van der Waals surface area contributed by atoms with E-state index in [2.05, 4.69) is 31.0 Å². The van der Waals surface area contributed by atoms with E-state index < -0.39 is 0 Å². The van der Waals surface area contributed by atoms with Crippen molar-refractivity contribution in [1.82, 2.24) is 4.90 Å². The summed E-state index contributed by atoms with van der Waals surface area (Å²) in [6, 6.07) is 0.691. The van der Waals surface area contributed by atoms with Gasteiger partial charge in [-0.1, -0.05) is 32.9 Å². The second-order valence-corrected chi connectivity index (χ2v) is 7.50. The highest BCUT2D eigenvalue weighted by Gasteiger charge is 2.30. The fourth-order valence-corrected chi connectivity index (χ4v) is 2.73. The first-order valence-electron chi connectivity index (χ1n) is 7.36. The zero-order valence-corrected chi connectivity index (χ0v) is 13.2. The lowest BCUT2D eigenvalue weighted by molar-refractivity contribution is 0.121. The van der Waals surface area contributed by atoms with Crippen LogP contribution in [-0.2, 0) is 0 Å². The van der Waals surface area contributed by atoms with Crippen LogP contribution >= 0.6 is 0 Å². The average Bonchev–Trinajstić information content (AvgIpc) is 2.35. The first-order chi connectivity index (χ1) is 8.68. The van der Waals surface area contributed by atoms with Gasteiger partial charge in [0.15, 0.2) is 0 Å². The van der Waals surface area contributed by atoms with Crippen LogP contribution in [0.1, 0.15) is 59.8 Å². The molecule has 0 saturated heterocycles. The van der Waals surface area contributed by atoms with Crippen molar-refractivity contribution >= 4 is 5.84 Å². The monoisotopic (exact) mass is 269 g/mol. The summed E-state index contributed by atoms with van der Waals surface area (Å²) in [7, 11) is 2.20. The van der Waals surface area contributed by atoms with Gasteiger partial charge in [-0.2, -0.15) is 0 Å². The van der Waals surface area contributed by atoms with Crippen molar-refractivity contribution in [3.8, 4) is 0 Å². The molecule has 19 heavy (non-hydrogen) atoms. The molecule has 1 fully saturated rings. The lowest BCUT2D eigenvalue weighted by atomic mass is 9.75. The van der Waals surface area contributed by atoms with Crippen LogP contribution in [0.4, 0.5) is 0 Å². The van der Waals surface area contributed by atoms with Gasteiger partial charge in [-0.25, -0.2) is 0 Å². The van der Waals surface area contributed by atoms with E-state index in [0.29, 0.717) is 17.3 Å². The molecule has 3 N–H and O–H groups in total. The molecule has 0 aromatic heterocycles. The van der Waals surface area contributed by atoms with Crippen LogP contribution in [0.3, 0.4) is 0 Å². The SMILES string of the molecule is CN(CCC(C)(C)C(N)=NO)C1CCC(C)(C)CC1. The Morgan fingerprint density at radius 2 is 1.89 bits per heavy atom. The highest BCUT2D eigenvalue weighted by molar-refractivity contribution is 5.85. The Morgan fingerprint density at radius 3 is 2.37 bits per heavy atom. The van der Waals surface area contributed by atoms with E-state index in [0.717, 1.165) is 13.0 Å². The lowest BCUT2D eigenvalue weighted by Gasteiger charge is -2.39. The van der Waals surface area contributed by atoms with Gasteiger partial charge < -0.3 is 15.8 Å². The second-order valence-electron chi connectivity index (χ2n) is 7.50. The van der Waals surface area contributed by atoms with E-state index in [4.69, 9.17) is 10.9 Å². The molecule has 0 bridgehead atoms. The largest absolute Gasteiger partial charge is 0.409 e. The van der Waals surface area contributed by atoms with Gasteiger partial charge in [0.1, 0.15) is 5.84 Å². The summed E-state index contributed by atoms with van der Waals surface area (Å²) >= 11 is 0. The van der Waals surface area contributed by atoms with Crippen LogP contribution in [0.2, 0.25) is 0 Å². The molecule has 1 aliphatic rings. The Labute approximate surface area is 118 Å². The number of nitrogens with zero attached hydrogens (tertiary/aromatic N) is 2. The highest BCUT2D eigenvalue weighted by Crippen LogP contribution is 2.36. The van der Waals surface area contributed by atoms with Gasteiger partial charge in [0.2, 0.25) is 0 Å². The summed E-state index contributed by atoms with van der Waals surface area (Å²) in [5.74, 6) is 0.325. The maximum atomic E-state index is 8.79. The van der Waals surface area contributed by atoms with Crippen molar-refractivity contribution < 1.29 is 5.21 Å². The molecule has 1 aliphatic carbocycles. The molecule has 0 aliphatic heterocycles. The minimum absolute atomic E-state index is 0.239. The van der Waals surface area contributed by atoms with E-state index >= 15 is 0 Å². The molecule has 0 aromatic carbocycles. The van der Waals surface area contributed by atoms with Gasteiger partial charge in [0.05, 0.1) is 0 Å². The molecule has 0 atom stereocenters. The maximum Gasteiger partial charge on any atom is 0.144 e. The van der Waals surface area contributed by atoms with Crippen molar-refractivity contribution in [3.63, 3.8) is 0 Å². The van der Waals surface area contributed by atoms with E-state index in [1.165, 1.54) is 25.7 Å². The standard InChI is InChI=1S/C15H31N3O/c1-14(2)8-6-12(7-9-14)18(5)11-10-15(3,4)13(16)17-19/h12,19H,6-11H2,1-5H3,(H2,16,17). The topological polar surface area (TPSA) is 61.8 Å². The molecular weight excluding hydrogens is 238 g/mol. The fraction of sp³-hybridized carbons (Fsp3) is 0.933. The minimum atomic E-state index is -0.239. The van der Waals surface area contributed by atoms with E-state index in [9.17, 15) is 0 Å². The fourth-order valence-electron chi connectivity index (χ4n) is 2.73. The Morgan fingerprint density at radius 1 is 1.37 bits per heavy atom. The third-order valence-corrected chi connectivity index (χ3v) is 4.82. The average molecular weight is 269 g/mol. The molecule has 4 heteroatoms. The normalized spacial score (nSPS) is 21.9. The number of nitrogens with two attached hydrogens (primary N) is 1. The van der Waals surface area contributed by atoms with Gasteiger partial charge >= 0.3 is 0 Å². The molecule has 0 radical (unpaired) electrons. The van der Waals surface area contributed by atoms with Crippen LogP contribution in [0, 0.1) is 10.8 Å². The van der Waals surface area contributed by atoms with Gasteiger partial charge in [-0.05, 0) is 51.1 Å². The maximum absolute atomic E-state index is 8.79. The Kier molecular flexibility index (Phi) is 5.25. The van der Waals surface area contributed by atoms with Gasteiger partial charge in [0.25, 0.3) is 0 Å². The smallest absolute Gasteiger partial charge is 0.144 e. The summed E-state index contributed by atoms with van der Waals surface area (Å²) in [4.78, 5) is 2.45. The van der Waals surface area contributed by atoms with Crippen LogP contribution in [0.25, 0.3) is 0 Å². The van der Waals surface area contributed by atoms with E-state index in [1.54, 1.807) is 0 Å². The van der Waals surface area contributed by atoms with Crippen molar-refractivity contribution in [3.05, 3.63) is 0 Å². The minimum Gasteiger partial charge on any atom is -0.409 e. The highest BCUT2D eigenvalue weighted by atomic mass is 16.4. The Hall–Kier alpha value is -0.770. The molecule has 112 valence electrons. The predicted molar refractivity (Wildman–Crippen MR) is 80.5 cm³/mol. The van der Waals surface area contributed by atoms with Crippen LogP contribution < -0.4 is 5.73 Å². The lowest BCUT2D eigenvalue weighted by Crippen LogP contribution is -2.41. The molecule has 0 amide bonds. The summed E-state index contributed by atoms with van der Waals surface area (Å²) < 4.78 is 0. The molecule has 1 rings (SSSR count). The van der Waals surface area contributed by atoms with Gasteiger partial charge in [0, 0.05) is 11.5 Å². The molecule has 0 unspecified atom stereocenters. The number of rotatable bonds is 5. The second kappa shape index (κ2) is 6.12. The molecule has 0 aromatic rings. The zero-order chi connectivity index (χ0) is 14.7. The van der Waals surface area contributed by atoms with E-state index in [-0.39, 0.29) is 5.41 Å². The van der Waals surface area contributed by atoms with Crippen molar-refractivity contribution in [1.29, 1.82) is 0 Å². The zero-order valence-electron chi connectivity index (χ0n) is 13.2. The first-order valence-corrected chi connectivity index (χ1v) is 7.36. The number of hydrogen-bond donors (Lipinski definition) is 2. The third-order valence-electron chi connectivity index (χ3n) is 4.82. The predicted octanol–water partition coefficient (Wildman–Crippen LogP) is 3.05. The molecule has 0 spiro atoms. The number of amidine groups is 1. The van der Waals surface area contributed by atoms with Crippen LogP contribution in [0.5, 0.6) is 0 Å². The van der Waals surface area contributed by atoms with Crippen molar-refractivity contribution in [2.45, 2.75) is 65.8 Å².